The van der Waals surface area contributed by atoms with Crippen LogP contribution in [0.2, 0.25) is 0 Å². The second-order valence-electron chi connectivity index (χ2n) is 8.15. The summed E-state index contributed by atoms with van der Waals surface area (Å²) in [6.07, 6.45) is 2.93. The highest BCUT2D eigenvalue weighted by Gasteiger charge is 2.39. The van der Waals surface area contributed by atoms with Crippen molar-refractivity contribution in [2.75, 3.05) is 17.2 Å². The van der Waals surface area contributed by atoms with Crippen molar-refractivity contribution in [3.05, 3.63) is 58.7 Å². The van der Waals surface area contributed by atoms with Crippen LogP contribution in [-0.2, 0) is 29.1 Å². The molecular weight excluding hydrogens is 380 g/mol. The summed E-state index contributed by atoms with van der Waals surface area (Å²) in [5.74, 6) is -0.791. The second kappa shape index (κ2) is 7.48. The number of nitrogens with zero attached hydrogens (tertiary/aromatic N) is 1. The van der Waals surface area contributed by atoms with Crippen molar-refractivity contribution in [3.8, 4) is 0 Å². The predicted octanol–water partition coefficient (Wildman–Crippen LogP) is 2.42. The first-order valence-electron chi connectivity index (χ1n) is 10.5. The van der Waals surface area contributed by atoms with Gasteiger partial charge in [0.05, 0.1) is 0 Å². The molecule has 3 aliphatic rings. The van der Waals surface area contributed by atoms with Crippen molar-refractivity contribution in [2.45, 2.75) is 44.8 Å². The Kier molecular flexibility index (Phi) is 4.65. The molecule has 0 saturated carbocycles. The number of hydrogen-bond acceptors (Lipinski definition) is 5. The van der Waals surface area contributed by atoms with E-state index < -0.39 is 6.04 Å². The SMILES string of the molecule is O=C1CCC(N2Cc3cc(CNc4ccc5c(c4)NCCC5)ccc3C2=O)C(=O)N1. The lowest BCUT2D eigenvalue weighted by molar-refractivity contribution is -0.136. The lowest BCUT2D eigenvalue weighted by Crippen LogP contribution is -2.52. The summed E-state index contributed by atoms with van der Waals surface area (Å²) in [5, 5.41) is 9.24. The quantitative estimate of drug-likeness (QED) is 0.681. The number of amides is 3. The van der Waals surface area contributed by atoms with Crippen LogP contribution in [0.25, 0.3) is 0 Å². The van der Waals surface area contributed by atoms with Crippen LogP contribution in [0.1, 0.15) is 46.3 Å². The highest BCUT2D eigenvalue weighted by atomic mass is 16.2. The summed E-state index contributed by atoms with van der Waals surface area (Å²) < 4.78 is 0. The monoisotopic (exact) mass is 404 g/mol. The minimum absolute atomic E-state index is 0.139. The minimum atomic E-state index is -0.577. The van der Waals surface area contributed by atoms with Crippen molar-refractivity contribution in [1.82, 2.24) is 10.2 Å². The zero-order valence-corrected chi connectivity index (χ0v) is 16.7. The molecule has 3 amide bonds. The molecule has 0 bridgehead atoms. The number of aryl methyl sites for hydroxylation is 1. The number of carbonyl (C=O) groups is 3. The van der Waals surface area contributed by atoms with Gasteiger partial charge >= 0.3 is 0 Å². The maximum Gasteiger partial charge on any atom is 0.255 e. The van der Waals surface area contributed by atoms with Crippen molar-refractivity contribution in [2.24, 2.45) is 0 Å². The molecular formula is C23H24N4O3. The van der Waals surface area contributed by atoms with Gasteiger partial charge in [0.25, 0.3) is 5.91 Å². The van der Waals surface area contributed by atoms with Gasteiger partial charge in [0.2, 0.25) is 11.8 Å². The van der Waals surface area contributed by atoms with E-state index in [0.29, 0.717) is 25.1 Å². The van der Waals surface area contributed by atoms with Crippen LogP contribution in [0.5, 0.6) is 0 Å². The highest BCUT2D eigenvalue weighted by molar-refractivity contribution is 6.05. The Labute approximate surface area is 174 Å². The zero-order valence-electron chi connectivity index (χ0n) is 16.7. The molecule has 1 atom stereocenters. The number of fused-ring (bicyclic) bond motifs is 2. The van der Waals surface area contributed by atoms with Crippen molar-refractivity contribution >= 4 is 29.1 Å². The number of hydrogen-bond donors (Lipinski definition) is 3. The smallest absolute Gasteiger partial charge is 0.255 e. The first-order chi connectivity index (χ1) is 14.6. The van der Waals surface area contributed by atoms with E-state index in [4.69, 9.17) is 0 Å². The summed E-state index contributed by atoms with van der Waals surface area (Å²) in [6, 6.07) is 11.7. The maximum atomic E-state index is 12.8. The molecule has 2 aromatic rings. The van der Waals surface area contributed by atoms with E-state index >= 15 is 0 Å². The third kappa shape index (κ3) is 3.40. The molecule has 0 spiro atoms. The van der Waals surface area contributed by atoms with Gasteiger partial charge in [-0.3, -0.25) is 19.7 Å². The average molecular weight is 404 g/mol. The number of nitrogens with one attached hydrogen (secondary N) is 3. The molecule has 1 saturated heterocycles. The molecule has 7 heteroatoms. The molecule has 3 N–H and O–H groups in total. The molecule has 0 aromatic heterocycles. The fourth-order valence-corrected chi connectivity index (χ4v) is 4.51. The van der Waals surface area contributed by atoms with E-state index in [1.165, 1.54) is 17.7 Å². The highest BCUT2D eigenvalue weighted by Crippen LogP contribution is 2.29. The van der Waals surface area contributed by atoms with E-state index in [9.17, 15) is 14.4 Å². The molecule has 0 aliphatic carbocycles. The van der Waals surface area contributed by atoms with E-state index in [1.54, 1.807) is 4.90 Å². The topological polar surface area (TPSA) is 90.5 Å². The van der Waals surface area contributed by atoms with Gasteiger partial charge in [-0.15, -0.1) is 0 Å². The van der Waals surface area contributed by atoms with Crippen LogP contribution in [0.4, 0.5) is 11.4 Å². The van der Waals surface area contributed by atoms with Crippen molar-refractivity contribution in [1.29, 1.82) is 0 Å². The Morgan fingerprint density at radius 1 is 1.03 bits per heavy atom. The Balaban J connectivity index is 1.27. The van der Waals surface area contributed by atoms with Gasteiger partial charge in [-0.2, -0.15) is 0 Å². The fraction of sp³-hybridized carbons (Fsp3) is 0.348. The van der Waals surface area contributed by atoms with Gasteiger partial charge in [-0.05, 0) is 54.2 Å². The number of imide groups is 1. The largest absolute Gasteiger partial charge is 0.385 e. The molecule has 3 heterocycles. The molecule has 154 valence electrons. The second-order valence-corrected chi connectivity index (χ2v) is 8.15. The van der Waals surface area contributed by atoms with Crippen LogP contribution >= 0.6 is 0 Å². The lowest BCUT2D eigenvalue weighted by Gasteiger charge is -2.29. The Hall–Kier alpha value is -3.35. The van der Waals surface area contributed by atoms with E-state index in [0.717, 1.165) is 29.8 Å². The first-order valence-corrected chi connectivity index (χ1v) is 10.5. The van der Waals surface area contributed by atoms with Crippen LogP contribution in [-0.4, -0.2) is 35.2 Å². The zero-order chi connectivity index (χ0) is 20.7. The van der Waals surface area contributed by atoms with Gasteiger partial charge in [0.1, 0.15) is 6.04 Å². The summed E-state index contributed by atoms with van der Waals surface area (Å²) in [5.41, 5.74) is 6.27. The predicted molar refractivity (Wildman–Crippen MR) is 113 cm³/mol. The Bertz CT molecular complexity index is 1050. The summed E-state index contributed by atoms with van der Waals surface area (Å²) in [4.78, 5) is 37.9. The van der Waals surface area contributed by atoms with Crippen LogP contribution in [0.3, 0.4) is 0 Å². The summed E-state index contributed by atoms with van der Waals surface area (Å²) in [7, 11) is 0. The number of rotatable bonds is 4. The maximum absolute atomic E-state index is 12.8. The molecule has 1 fully saturated rings. The van der Waals surface area contributed by atoms with Gasteiger partial charge in [-0.25, -0.2) is 0 Å². The van der Waals surface area contributed by atoms with Crippen LogP contribution < -0.4 is 16.0 Å². The first kappa shape index (κ1) is 18.7. The molecule has 7 nitrogen and oxygen atoms in total. The minimum Gasteiger partial charge on any atom is -0.385 e. The molecule has 1 unspecified atom stereocenters. The lowest BCUT2D eigenvalue weighted by atomic mass is 10.0. The number of carbonyl (C=O) groups excluding carboxylic acids is 3. The molecule has 5 rings (SSSR count). The molecule has 0 radical (unpaired) electrons. The number of benzene rings is 2. The van der Waals surface area contributed by atoms with E-state index in [-0.39, 0.29) is 24.1 Å². The third-order valence-corrected chi connectivity index (χ3v) is 6.13. The molecule has 30 heavy (non-hydrogen) atoms. The van der Waals surface area contributed by atoms with Gasteiger partial charge < -0.3 is 15.5 Å². The van der Waals surface area contributed by atoms with Gasteiger partial charge in [0.15, 0.2) is 0 Å². The van der Waals surface area contributed by atoms with Crippen molar-refractivity contribution in [3.63, 3.8) is 0 Å². The average Bonchev–Trinajstić information content (AvgIpc) is 3.08. The third-order valence-electron chi connectivity index (χ3n) is 6.13. The van der Waals surface area contributed by atoms with Gasteiger partial charge in [0, 0.05) is 43.0 Å². The number of piperidine rings is 1. The van der Waals surface area contributed by atoms with Crippen molar-refractivity contribution < 1.29 is 14.4 Å². The van der Waals surface area contributed by atoms with Crippen LogP contribution in [0, 0.1) is 0 Å². The fourth-order valence-electron chi connectivity index (χ4n) is 4.51. The van der Waals surface area contributed by atoms with E-state index in [1.807, 2.05) is 18.2 Å². The normalized spacial score (nSPS) is 20.3. The van der Waals surface area contributed by atoms with Crippen LogP contribution in [0.15, 0.2) is 36.4 Å². The molecule has 3 aliphatic heterocycles. The summed E-state index contributed by atoms with van der Waals surface area (Å²) in [6.45, 7) is 2.06. The Morgan fingerprint density at radius 2 is 1.93 bits per heavy atom. The van der Waals surface area contributed by atoms with Gasteiger partial charge in [-0.1, -0.05) is 18.2 Å². The standard InChI is InChI=1S/C23H24N4O3/c28-21-8-7-20(22(29)26-21)27-13-16-10-14(3-6-18(16)23(27)30)12-25-17-5-4-15-2-1-9-24-19(15)11-17/h3-6,10-11,20,24-25H,1-2,7-9,12-13H2,(H,26,28,29). The number of anilines is 2. The molecule has 2 aromatic carbocycles. The summed E-state index contributed by atoms with van der Waals surface area (Å²) >= 11 is 0. The van der Waals surface area contributed by atoms with E-state index in [2.05, 4.69) is 34.1 Å². The Morgan fingerprint density at radius 3 is 2.80 bits per heavy atom.